The van der Waals surface area contributed by atoms with Crippen molar-refractivity contribution < 1.29 is 9.53 Å². The van der Waals surface area contributed by atoms with Gasteiger partial charge in [0.05, 0.1) is 12.5 Å². The first-order valence-corrected chi connectivity index (χ1v) is 7.39. The molecular weight excluding hydrogens is 268 g/mol. The van der Waals surface area contributed by atoms with Gasteiger partial charge in [-0.25, -0.2) is 4.98 Å². The van der Waals surface area contributed by atoms with Crippen LogP contribution in [0.1, 0.15) is 18.4 Å². The summed E-state index contributed by atoms with van der Waals surface area (Å²) in [6.45, 7) is 3.91. The first kappa shape index (κ1) is 15.7. The SMILES string of the molecule is COCCNCc1ccc(N2CCCC(C(N)=O)C2)nc1. The standard InChI is InChI=1S/C15H24N4O2/c1-21-8-6-17-9-12-4-5-14(18-10-12)19-7-2-3-13(11-19)15(16)20/h4-5,10,13,17H,2-3,6-9,11H2,1H3,(H2,16,20). The zero-order valence-electron chi connectivity index (χ0n) is 12.5. The zero-order chi connectivity index (χ0) is 15.1. The Labute approximate surface area is 125 Å². The second kappa shape index (κ2) is 7.95. The zero-order valence-corrected chi connectivity index (χ0v) is 12.5. The number of amides is 1. The fourth-order valence-electron chi connectivity index (χ4n) is 2.53. The van der Waals surface area contributed by atoms with Crippen LogP contribution in [0.4, 0.5) is 5.82 Å². The van der Waals surface area contributed by atoms with Crippen LogP contribution in [-0.4, -0.2) is 44.2 Å². The summed E-state index contributed by atoms with van der Waals surface area (Å²) in [5.74, 6) is 0.649. The van der Waals surface area contributed by atoms with Gasteiger partial charge in [-0.3, -0.25) is 4.79 Å². The Balaban J connectivity index is 1.87. The highest BCUT2D eigenvalue weighted by atomic mass is 16.5. The molecule has 1 atom stereocenters. The number of hydrogen-bond acceptors (Lipinski definition) is 5. The Morgan fingerprint density at radius 3 is 3.10 bits per heavy atom. The van der Waals surface area contributed by atoms with Crippen LogP contribution < -0.4 is 16.0 Å². The third kappa shape index (κ3) is 4.68. The number of carbonyl (C=O) groups is 1. The molecule has 21 heavy (non-hydrogen) atoms. The van der Waals surface area contributed by atoms with Crippen LogP contribution in [0.5, 0.6) is 0 Å². The average molecular weight is 292 g/mol. The summed E-state index contributed by atoms with van der Waals surface area (Å²) < 4.78 is 4.99. The summed E-state index contributed by atoms with van der Waals surface area (Å²) in [6.07, 6.45) is 3.74. The van der Waals surface area contributed by atoms with Gasteiger partial charge in [-0.2, -0.15) is 0 Å². The maximum Gasteiger partial charge on any atom is 0.222 e. The Hall–Kier alpha value is -1.66. The van der Waals surface area contributed by atoms with E-state index < -0.39 is 0 Å². The molecule has 2 heterocycles. The van der Waals surface area contributed by atoms with Crippen molar-refractivity contribution in [1.29, 1.82) is 0 Å². The maximum absolute atomic E-state index is 11.3. The number of nitrogens with zero attached hydrogens (tertiary/aromatic N) is 2. The van der Waals surface area contributed by atoms with Gasteiger partial charge in [0.15, 0.2) is 0 Å². The van der Waals surface area contributed by atoms with Crippen molar-refractivity contribution in [3.05, 3.63) is 23.9 Å². The quantitative estimate of drug-likeness (QED) is 0.716. The van der Waals surface area contributed by atoms with Gasteiger partial charge in [-0.05, 0) is 24.5 Å². The van der Waals surface area contributed by atoms with E-state index in [-0.39, 0.29) is 11.8 Å². The van der Waals surface area contributed by atoms with E-state index in [4.69, 9.17) is 10.5 Å². The lowest BCUT2D eigenvalue weighted by atomic mass is 9.97. The fourth-order valence-corrected chi connectivity index (χ4v) is 2.53. The highest BCUT2D eigenvalue weighted by Gasteiger charge is 2.24. The van der Waals surface area contributed by atoms with Crippen LogP contribution in [0.15, 0.2) is 18.3 Å². The van der Waals surface area contributed by atoms with Gasteiger partial charge in [-0.1, -0.05) is 6.07 Å². The Morgan fingerprint density at radius 1 is 1.57 bits per heavy atom. The van der Waals surface area contributed by atoms with Crippen LogP contribution in [0.25, 0.3) is 0 Å². The van der Waals surface area contributed by atoms with Gasteiger partial charge in [0.25, 0.3) is 0 Å². The smallest absolute Gasteiger partial charge is 0.222 e. The van der Waals surface area contributed by atoms with E-state index in [9.17, 15) is 4.79 Å². The average Bonchev–Trinajstić information content (AvgIpc) is 2.52. The molecule has 0 aliphatic carbocycles. The van der Waals surface area contributed by atoms with E-state index in [1.807, 2.05) is 12.3 Å². The molecule has 6 nitrogen and oxygen atoms in total. The van der Waals surface area contributed by atoms with Gasteiger partial charge in [0, 0.05) is 39.5 Å². The number of piperidine rings is 1. The molecular formula is C15H24N4O2. The van der Waals surface area contributed by atoms with Crippen LogP contribution in [0, 0.1) is 5.92 Å². The molecule has 1 aliphatic heterocycles. The molecule has 0 bridgehead atoms. The van der Waals surface area contributed by atoms with E-state index in [1.54, 1.807) is 7.11 Å². The maximum atomic E-state index is 11.3. The summed E-state index contributed by atoms with van der Waals surface area (Å²) in [7, 11) is 1.69. The highest BCUT2D eigenvalue weighted by Crippen LogP contribution is 2.21. The predicted octanol–water partition coefficient (Wildman–Crippen LogP) is 0.519. The minimum Gasteiger partial charge on any atom is -0.383 e. The Bertz CT molecular complexity index is 449. The molecule has 1 aliphatic rings. The number of aromatic nitrogens is 1. The third-order valence-electron chi connectivity index (χ3n) is 3.77. The lowest BCUT2D eigenvalue weighted by molar-refractivity contribution is -0.122. The molecule has 2 rings (SSSR count). The molecule has 1 fully saturated rings. The van der Waals surface area contributed by atoms with E-state index in [1.165, 1.54) is 0 Å². The molecule has 0 spiro atoms. The van der Waals surface area contributed by atoms with Crippen molar-refractivity contribution in [2.24, 2.45) is 11.7 Å². The van der Waals surface area contributed by atoms with Crippen molar-refractivity contribution in [2.75, 3.05) is 38.3 Å². The van der Waals surface area contributed by atoms with Crippen LogP contribution in [-0.2, 0) is 16.1 Å². The van der Waals surface area contributed by atoms with E-state index in [0.717, 1.165) is 43.9 Å². The van der Waals surface area contributed by atoms with Gasteiger partial charge >= 0.3 is 0 Å². The lowest BCUT2D eigenvalue weighted by Gasteiger charge is -2.32. The molecule has 116 valence electrons. The summed E-state index contributed by atoms with van der Waals surface area (Å²) in [5, 5.41) is 3.28. The Morgan fingerprint density at radius 2 is 2.43 bits per heavy atom. The number of nitrogens with one attached hydrogen (secondary N) is 1. The summed E-state index contributed by atoms with van der Waals surface area (Å²) >= 11 is 0. The number of ether oxygens (including phenoxy) is 1. The first-order chi connectivity index (χ1) is 10.2. The molecule has 1 saturated heterocycles. The van der Waals surface area contributed by atoms with Gasteiger partial charge < -0.3 is 20.7 Å². The van der Waals surface area contributed by atoms with Crippen molar-refractivity contribution in [1.82, 2.24) is 10.3 Å². The molecule has 0 radical (unpaired) electrons. The van der Waals surface area contributed by atoms with Gasteiger partial charge in [0.2, 0.25) is 5.91 Å². The second-order valence-corrected chi connectivity index (χ2v) is 5.38. The predicted molar refractivity (Wildman–Crippen MR) is 82.0 cm³/mol. The van der Waals surface area contributed by atoms with E-state index in [0.29, 0.717) is 13.2 Å². The largest absolute Gasteiger partial charge is 0.383 e. The Kier molecular flexibility index (Phi) is 5.95. The van der Waals surface area contributed by atoms with E-state index >= 15 is 0 Å². The van der Waals surface area contributed by atoms with Crippen molar-refractivity contribution in [3.8, 4) is 0 Å². The molecule has 0 aromatic carbocycles. The molecule has 0 saturated carbocycles. The summed E-state index contributed by atoms with van der Waals surface area (Å²) in [4.78, 5) is 18.0. The highest BCUT2D eigenvalue weighted by molar-refractivity contribution is 5.77. The number of anilines is 1. The molecule has 3 N–H and O–H groups in total. The minimum atomic E-state index is -0.210. The monoisotopic (exact) mass is 292 g/mol. The van der Waals surface area contributed by atoms with Gasteiger partial charge in [-0.15, -0.1) is 0 Å². The van der Waals surface area contributed by atoms with Crippen LogP contribution in [0.2, 0.25) is 0 Å². The van der Waals surface area contributed by atoms with Crippen LogP contribution in [0.3, 0.4) is 0 Å². The summed E-state index contributed by atoms with van der Waals surface area (Å²) in [6, 6.07) is 4.08. The second-order valence-electron chi connectivity index (χ2n) is 5.38. The topological polar surface area (TPSA) is 80.5 Å². The third-order valence-corrected chi connectivity index (χ3v) is 3.77. The van der Waals surface area contributed by atoms with Crippen molar-refractivity contribution >= 4 is 11.7 Å². The van der Waals surface area contributed by atoms with Gasteiger partial charge in [0.1, 0.15) is 5.82 Å². The first-order valence-electron chi connectivity index (χ1n) is 7.39. The molecule has 6 heteroatoms. The number of rotatable bonds is 7. The van der Waals surface area contributed by atoms with Crippen molar-refractivity contribution in [3.63, 3.8) is 0 Å². The normalized spacial score (nSPS) is 18.7. The number of methoxy groups -OCH3 is 1. The lowest BCUT2D eigenvalue weighted by Crippen LogP contribution is -2.41. The number of nitrogens with two attached hydrogens (primary N) is 1. The molecule has 1 aromatic rings. The molecule has 1 unspecified atom stereocenters. The minimum absolute atomic E-state index is 0.0593. The number of hydrogen-bond donors (Lipinski definition) is 2. The number of pyridine rings is 1. The molecule has 1 aromatic heterocycles. The number of carbonyl (C=O) groups excluding carboxylic acids is 1. The van der Waals surface area contributed by atoms with Crippen molar-refractivity contribution in [2.45, 2.75) is 19.4 Å². The number of primary amides is 1. The fraction of sp³-hybridized carbons (Fsp3) is 0.600. The van der Waals surface area contributed by atoms with Crippen LogP contribution >= 0.6 is 0 Å². The molecule has 1 amide bonds. The van der Waals surface area contributed by atoms with E-state index in [2.05, 4.69) is 21.3 Å². The summed E-state index contributed by atoms with van der Waals surface area (Å²) in [5.41, 5.74) is 6.54.